The highest BCUT2D eigenvalue weighted by atomic mass is 79.9. The molecule has 2 nitrogen and oxygen atoms in total. The molecule has 1 aliphatic rings. The van der Waals surface area contributed by atoms with E-state index in [4.69, 9.17) is 4.43 Å². The summed E-state index contributed by atoms with van der Waals surface area (Å²) in [4.78, 5) is 0. The number of halogens is 1. The lowest BCUT2D eigenvalue weighted by molar-refractivity contribution is 0.0562. The van der Waals surface area contributed by atoms with Crippen LogP contribution in [0.2, 0.25) is 18.1 Å². The molecule has 0 saturated carbocycles. The smallest absolute Gasteiger partial charge is 0.192 e. The van der Waals surface area contributed by atoms with E-state index in [0.29, 0.717) is 6.42 Å². The van der Waals surface area contributed by atoms with Crippen LogP contribution in [-0.4, -0.2) is 19.5 Å². The minimum atomic E-state index is -1.84. The third-order valence-corrected chi connectivity index (χ3v) is 10.2. The molecule has 2 atom stereocenters. The lowest BCUT2D eigenvalue weighted by atomic mass is 9.93. The van der Waals surface area contributed by atoms with Gasteiger partial charge in [-0.05, 0) is 29.8 Å². The summed E-state index contributed by atoms with van der Waals surface area (Å²) in [5.41, 5.74) is -0.0525. The van der Waals surface area contributed by atoms with Crippen LogP contribution >= 0.6 is 15.9 Å². The van der Waals surface area contributed by atoms with Gasteiger partial charge in [-0.2, -0.15) is 0 Å². The van der Waals surface area contributed by atoms with Gasteiger partial charge in [-0.25, -0.2) is 0 Å². The van der Waals surface area contributed by atoms with Gasteiger partial charge in [0.05, 0.1) is 6.10 Å². The zero-order valence-corrected chi connectivity index (χ0v) is 16.1. The third kappa shape index (κ3) is 3.34. The van der Waals surface area contributed by atoms with Crippen LogP contribution in [0.15, 0.2) is 40.9 Å². The first-order valence-corrected chi connectivity index (χ1v) is 11.1. The second-order valence-corrected chi connectivity index (χ2v) is 13.0. The van der Waals surface area contributed by atoms with E-state index >= 15 is 0 Å². The molecule has 0 heterocycles. The van der Waals surface area contributed by atoms with Crippen LogP contribution in [0.5, 0.6) is 0 Å². The van der Waals surface area contributed by atoms with Gasteiger partial charge < -0.3 is 9.53 Å². The van der Waals surface area contributed by atoms with E-state index in [1.54, 1.807) is 0 Å². The summed E-state index contributed by atoms with van der Waals surface area (Å²) in [7, 11) is -1.84. The Hall–Kier alpha value is -0.423. The second kappa shape index (κ2) is 5.65. The number of hydrogen-bond acceptors (Lipinski definition) is 2. The molecule has 2 unspecified atom stereocenters. The van der Waals surface area contributed by atoms with Crippen LogP contribution in [0.3, 0.4) is 0 Å². The fourth-order valence-corrected chi connectivity index (χ4v) is 4.30. The molecule has 0 spiro atoms. The highest BCUT2D eigenvalue weighted by Crippen LogP contribution is 2.46. The molecular weight excluding hydrogens is 344 g/mol. The van der Waals surface area contributed by atoms with E-state index < -0.39 is 13.9 Å². The van der Waals surface area contributed by atoms with Gasteiger partial charge >= 0.3 is 0 Å². The van der Waals surface area contributed by atoms with Gasteiger partial charge in [0.2, 0.25) is 0 Å². The first-order chi connectivity index (χ1) is 9.56. The molecule has 4 heteroatoms. The minimum Gasteiger partial charge on any atom is -0.410 e. The summed E-state index contributed by atoms with van der Waals surface area (Å²) in [6.07, 6.45) is 2.56. The van der Waals surface area contributed by atoms with Gasteiger partial charge in [0.15, 0.2) is 8.32 Å². The normalized spacial score (nSPS) is 26.8. The third-order valence-electron chi connectivity index (χ3n) is 4.73. The molecule has 1 N–H and O–H groups in total. The van der Waals surface area contributed by atoms with Crippen molar-refractivity contribution in [3.8, 4) is 0 Å². The van der Waals surface area contributed by atoms with E-state index in [1.165, 1.54) is 0 Å². The monoisotopic (exact) mass is 368 g/mol. The van der Waals surface area contributed by atoms with E-state index in [2.05, 4.69) is 49.8 Å². The average Bonchev–Trinajstić information content (AvgIpc) is 2.64. The van der Waals surface area contributed by atoms with Crippen molar-refractivity contribution in [1.82, 2.24) is 0 Å². The topological polar surface area (TPSA) is 29.5 Å². The van der Waals surface area contributed by atoms with Crippen molar-refractivity contribution in [2.24, 2.45) is 0 Å². The summed E-state index contributed by atoms with van der Waals surface area (Å²) >= 11 is 3.54. The van der Waals surface area contributed by atoms with Crippen molar-refractivity contribution in [1.29, 1.82) is 0 Å². The number of benzene rings is 1. The van der Waals surface area contributed by atoms with Crippen LogP contribution < -0.4 is 0 Å². The Morgan fingerprint density at radius 3 is 2.33 bits per heavy atom. The molecule has 0 amide bonds. The molecule has 116 valence electrons. The van der Waals surface area contributed by atoms with Gasteiger partial charge in [-0.15, -0.1) is 0 Å². The Morgan fingerprint density at radius 1 is 1.24 bits per heavy atom. The van der Waals surface area contributed by atoms with Crippen molar-refractivity contribution in [2.45, 2.75) is 57.0 Å². The van der Waals surface area contributed by atoms with Gasteiger partial charge in [0.1, 0.15) is 5.60 Å². The van der Waals surface area contributed by atoms with Crippen LogP contribution in [0.1, 0.15) is 32.8 Å². The van der Waals surface area contributed by atoms with Crippen LogP contribution in [-0.2, 0) is 10.0 Å². The summed E-state index contributed by atoms with van der Waals surface area (Å²) in [5.74, 6) is 0. The fourth-order valence-electron chi connectivity index (χ4n) is 2.35. The van der Waals surface area contributed by atoms with Gasteiger partial charge in [-0.1, -0.05) is 67.0 Å². The highest BCUT2D eigenvalue weighted by molar-refractivity contribution is 9.11. The van der Waals surface area contributed by atoms with Crippen molar-refractivity contribution in [2.75, 3.05) is 0 Å². The molecule has 1 aromatic rings. The van der Waals surface area contributed by atoms with E-state index in [9.17, 15) is 5.11 Å². The number of aliphatic hydroxyl groups is 1. The van der Waals surface area contributed by atoms with Gasteiger partial charge in [0, 0.05) is 10.9 Å². The van der Waals surface area contributed by atoms with Crippen molar-refractivity contribution < 1.29 is 9.53 Å². The van der Waals surface area contributed by atoms with Gasteiger partial charge in [0.25, 0.3) is 0 Å². The largest absolute Gasteiger partial charge is 0.410 e. The Morgan fingerprint density at radius 2 is 1.81 bits per heavy atom. The van der Waals surface area contributed by atoms with Crippen LogP contribution in [0, 0.1) is 0 Å². The molecule has 1 aliphatic carbocycles. The predicted octanol–water partition coefficient (Wildman–Crippen LogP) is 4.95. The molecule has 0 aliphatic heterocycles. The quantitative estimate of drug-likeness (QED) is 0.764. The van der Waals surface area contributed by atoms with Crippen LogP contribution in [0.25, 0.3) is 0 Å². The Labute approximate surface area is 137 Å². The second-order valence-electron chi connectivity index (χ2n) is 7.36. The minimum absolute atomic E-state index is 0.0366. The molecule has 0 saturated heterocycles. The highest BCUT2D eigenvalue weighted by Gasteiger charge is 2.45. The molecule has 0 aromatic heterocycles. The van der Waals surface area contributed by atoms with Crippen molar-refractivity contribution >= 4 is 24.2 Å². The molecule has 1 aromatic carbocycles. The Bertz CT molecular complexity index is 533. The number of hydrogen-bond donors (Lipinski definition) is 1. The van der Waals surface area contributed by atoms with Crippen molar-refractivity contribution in [3.63, 3.8) is 0 Å². The molecular formula is C17H25BrO2Si. The molecule has 0 fully saturated rings. The predicted molar refractivity (Wildman–Crippen MR) is 94.0 cm³/mol. The summed E-state index contributed by atoms with van der Waals surface area (Å²) in [6, 6.07) is 9.79. The first kappa shape index (κ1) is 16.9. The summed E-state index contributed by atoms with van der Waals surface area (Å²) in [6.45, 7) is 11.2. The lowest BCUT2D eigenvalue weighted by Crippen LogP contribution is -2.43. The zero-order chi connectivity index (χ0) is 15.9. The summed E-state index contributed by atoms with van der Waals surface area (Å²) in [5, 5.41) is 11.2. The van der Waals surface area contributed by atoms with E-state index in [1.807, 2.05) is 36.4 Å². The number of rotatable bonds is 3. The molecule has 0 bridgehead atoms. The van der Waals surface area contributed by atoms with Crippen molar-refractivity contribution in [3.05, 3.63) is 46.5 Å². The Kier molecular flexibility index (Phi) is 4.56. The molecule has 0 radical (unpaired) electrons. The first-order valence-electron chi connectivity index (χ1n) is 7.40. The van der Waals surface area contributed by atoms with Gasteiger partial charge in [-0.3, -0.25) is 0 Å². The van der Waals surface area contributed by atoms with E-state index in [-0.39, 0.29) is 11.1 Å². The lowest BCUT2D eigenvalue weighted by Gasteiger charge is -2.38. The molecule has 21 heavy (non-hydrogen) atoms. The maximum atomic E-state index is 11.0. The average molecular weight is 369 g/mol. The maximum Gasteiger partial charge on any atom is 0.192 e. The summed E-state index contributed by atoms with van der Waals surface area (Å²) < 4.78 is 7.23. The SMILES string of the molecule is CC(C)(C)[Si](C)(C)OC1C=C(Br)C(O)(c2ccccc2)C1. The Balaban J connectivity index is 2.19. The fraction of sp³-hybridized carbons (Fsp3) is 0.529. The zero-order valence-electron chi connectivity index (χ0n) is 13.5. The van der Waals surface area contributed by atoms with E-state index in [0.717, 1.165) is 10.0 Å². The van der Waals surface area contributed by atoms with Crippen LogP contribution in [0.4, 0.5) is 0 Å². The standard InChI is InChI=1S/C17H25BrO2Si/c1-16(2,3)21(4,5)20-14-11-15(18)17(19,12-14)13-9-7-6-8-10-13/h6-11,14,19H,12H2,1-5H3. The maximum absolute atomic E-state index is 11.0. The molecule has 2 rings (SSSR count).